The summed E-state index contributed by atoms with van der Waals surface area (Å²) in [6.45, 7) is 2.48. The minimum Gasteiger partial charge on any atom is -0.338 e. The molecule has 1 aromatic carbocycles. The van der Waals surface area contributed by atoms with Crippen LogP contribution < -0.4 is 0 Å². The molecular weight excluding hydrogens is 350 g/mol. The Morgan fingerprint density at radius 3 is 2.81 bits per heavy atom. The lowest BCUT2D eigenvalue weighted by Crippen LogP contribution is -2.48. The van der Waals surface area contributed by atoms with Crippen LogP contribution in [0.5, 0.6) is 0 Å². The Labute approximate surface area is 153 Å². The molecule has 0 aliphatic carbocycles. The smallest absolute Gasteiger partial charge is 0.273 e. The Morgan fingerprint density at radius 1 is 1.30 bits per heavy atom. The summed E-state index contributed by atoms with van der Waals surface area (Å²) < 4.78 is 5.29. The first-order chi connectivity index (χ1) is 13.0. The molecule has 0 atom stereocenters. The molecule has 2 aromatic heterocycles. The molecule has 136 valence electrons. The third-order valence-electron chi connectivity index (χ3n) is 4.51. The Balaban J connectivity index is 1.44. The Bertz CT molecular complexity index is 1010. The number of hydrogen-bond acceptors (Lipinski definition) is 7. The molecule has 0 saturated carbocycles. The van der Waals surface area contributed by atoms with E-state index in [1.54, 1.807) is 42.3 Å². The molecule has 3 heterocycles. The highest BCUT2D eigenvalue weighted by molar-refractivity contribution is 5.95. The summed E-state index contributed by atoms with van der Waals surface area (Å²) in [6, 6.07) is 9.92. The van der Waals surface area contributed by atoms with Crippen molar-refractivity contribution < 1.29 is 14.2 Å². The number of likely N-dealkylation sites (tertiary alicyclic amines) is 1. The molecule has 0 unspecified atom stereocenters. The molecule has 0 radical (unpaired) electrons. The predicted molar refractivity (Wildman–Crippen MR) is 94.0 cm³/mol. The molecule has 0 N–H and O–H groups in total. The number of carbonyl (C=O) groups is 1. The normalized spacial score (nSPS) is 14.0. The van der Waals surface area contributed by atoms with Gasteiger partial charge in [0.1, 0.15) is 5.69 Å². The minimum absolute atomic E-state index is 0.0562. The topological polar surface area (TPSA) is 115 Å². The van der Waals surface area contributed by atoms with Crippen LogP contribution >= 0.6 is 0 Å². The number of hydrogen-bond donors (Lipinski definition) is 0. The summed E-state index contributed by atoms with van der Waals surface area (Å²) in [5.74, 6) is 0.553. The van der Waals surface area contributed by atoms with Crippen molar-refractivity contribution in [1.29, 1.82) is 0 Å². The van der Waals surface area contributed by atoms with Gasteiger partial charge >= 0.3 is 0 Å². The first-order valence-electron chi connectivity index (χ1n) is 8.32. The van der Waals surface area contributed by atoms with Crippen LogP contribution in [0.3, 0.4) is 0 Å². The van der Waals surface area contributed by atoms with Crippen molar-refractivity contribution in [3.63, 3.8) is 0 Å². The molecular formula is C18H15N5O4. The van der Waals surface area contributed by atoms with Gasteiger partial charge in [0.05, 0.1) is 10.8 Å². The van der Waals surface area contributed by atoms with E-state index in [0.29, 0.717) is 41.6 Å². The second kappa shape index (κ2) is 6.60. The van der Waals surface area contributed by atoms with Crippen molar-refractivity contribution in [1.82, 2.24) is 20.0 Å². The lowest BCUT2D eigenvalue weighted by Gasteiger charge is -2.37. The summed E-state index contributed by atoms with van der Waals surface area (Å²) in [7, 11) is 0. The molecule has 9 heteroatoms. The van der Waals surface area contributed by atoms with Gasteiger partial charge in [0.15, 0.2) is 0 Å². The monoisotopic (exact) mass is 365 g/mol. The van der Waals surface area contributed by atoms with E-state index in [1.165, 1.54) is 6.07 Å². The van der Waals surface area contributed by atoms with Gasteiger partial charge < -0.3 is 9.42 Å². The van der Waals surface area contributed by atoms with Crippen LogP contribution in [-0.4, -0.2) is 43.9 Å². The maximum absolute atomic E-state index is 12.5. The van der Waals surface area contributed by atoms with E-state index in [1.807, 2.05) is 6.07 Å². The number of nitro benzene ring substituents is 1. The zero-order chi connectivity index (χ0) is 19.0. The second-order valence-corrected chi connectivity index (χ2v) is 6.34. The van der Waals surface area contributed by atoms with E-state index in [-0.39, 0.29) is 17.5 Å². The van der Waals surface area contributed by atoms with Crippen LogP contribution in [0.4, 0.5) is 5.69 Å². The summed E-state index contributed by atoms with van der Waals surface area (Å²) >= 11 is 0. The number of rotatable bonds is 4. The number of nitro groups is 1. The summed E-state index contributed by atoms with van der Waals surface area (Å²) in [5, 5.41) is 15.0. The molecule has 0 spiro atoms. The van der Waals surface area contributed by atoms with Crippen molar-refractivity contribution >= 4 is 11.6 Å². The first kappa shape index (κ1) is 16.8. The largest absolute Gasteiger partial charge is 0.338 e. The first-order valence-corrected chi connectivity index (χ1v) is 8.32. The minimum atomic E-state index is -0.484. The third-order valence-corrected chi connectivity index (χ3v) is 4.51. The highest BCUT2D eigenvalue weighted by atomic mass is 16.6. The molecule has 4 rings (SSSR count). The SMILES string of the molecule is Cc1ccc(C(=O)N2CC(c3nc(-c4ccccn4)no3)C2)cc1[N+](=O)[O-]. The van der Waals surface area contributed by atoms with E-state index in [0.717, 1.165) is 0 Å². The Morgan fingerprint density at radius 2 is 2.11 bits per heavy atom. The maximum atomic E-state index is 12.5. The van der Waals surface area contributed by atoms with E-state index in [4.69, 9.17) is 4.52 Å². The van der Waals surface area contributed by atoms with Gasteiger partial charge in [-0.2, -0.15) is 4.98 Å². The van der Waals surface area contributed by atoms with Crippen LogP contribution in [-0.2, 0) is 0 Å². The van der Waals surface area contributed by atoms with E-state index < -0.39 is 4.92 Å². The lowest BCUT2D eigenvalue weighted by molar-refractivity contribution is -0.385. The number of amides is 1. The third kappa shape index (κ3) is 3.14. The molecule has 27 heavy (non-hydrogen) atoms. The van der Waals surface area contributed by atoms with E-state index >= 15 is 0 Å². The number of nitrogens with zero attached hydrogens (tertiary/aromatic N) is 5. The average Bonchev–Trinajstić information content (AvgIpc) is 3.11. The standard InChI is InChI=1S/C18H15N5O4/c1-11-5-6-12(8-15(11)23(25)26)18(24)22-9-13(10-22)17-20-16(21-27-17)14-4-2-3-7-19-14/h2-8,13H,9-10H2,1H3. The van der Waals surface area contributed by atoms with Crippen molar-refractivity contribution in [2.45, 2.75) is 12.8 Å². The fourth-order valence-electron chi connectivity index (χ4n) is 2.92. The van der Waals surface area contributed by atoms with Gasteiger partial charge in [-0.3, -0.25) is 19.9 Å². The molecule has 0 bridgehead atoms. The molecule has 1 aliphatic rings. The van der Waals surface area contributed by atoms with Gasteiger partial charge in [0.25, 0.3) is 11.6 Å². The van der Waals surface area contributed by atoms with Gasteiger partial charge in [-0.25, -0.2) is 0 Å². The van der Waals surface area contributed by atoms with Gasteiger partial charge in [0.2, 0.25) is 11.7 Å². The van der Waals surface area contributed by atoms with Crippen LogP contribution in [0.25, 0.3) is 11.5 Å². The van der Waals surface area contributed by atoms with Crippen LogP contribution in [0.15, 0.2) is 47.1 Å². The van der Waals surface area contributed by atoms with E-state index in [9.17, 15) is 14.9 Å². The molecule has 1 saturated heterocycles. The number of pyridine rings is 1. The van der Waals surface area contributed by atoms with E-state index in [2.05, 4.69) is 15.1 Å². The molecule has 3 aromatic rings. The van der Waals surface area contributed by atoms with Gasteiger partial charge in [-0.15, -0.1) is 0 Å². The fraction of sp³-hybridized carbons (Fsp3) is 0.222. The number of aryl methyl sites for hydroxylation is 1. The number of benzene rings is 1. The van der Waals surface area contributed by atoms with Crippen molar-refractivity contribution in [2.24, 2.45) is 0 Å². The van der Waals surface area contributed by atoms with Crippen molar-refractivity contribution in [3.8, 4) is 11.5 Å². The highest BCUT2D eigenvalue weighted by Crippen LogP contribution is 2.29. The number of aromatic nitrogens is 3. The van der Waals surface area contributed by atoms with Gasteiger partial charge in [0, 0.05) is 36.5 Å². The Kier molecular flexibility index (Phi) is 4.11. The van der Waals surface area contributed by atoms with Crippen LogP contribution in [0.1, 0.15) is 27.7 Å². The van der Waals surface area contributed by atoms with Crippen LogP contribution in [0.2, 0.25) is 0 Å². The maximum Gasteiger partial charge on any atom is 0.273 e. The Hall–Kier alpha value is -3.62. The highest BCUT2D eigenvalue weighted by Gasteiger charge is 2.36. The van der Waals surface area contributed by atoms with Crippen molar-refractivity contribution in [3.05, 3.63) is 69.7 Å². The lowest BCUT2D eigenvalue weighted by atomic mass is 9.98. The zero-order valence-corrected chi connectivity index (χ0v) is 14.4. The van der Waals surface area contributed by atoms with Gasteiger partial charge in [-0.05, 0) is 25.1 Å². The van der Waals surface area contributed by atoms with Crippen molar-refractivity contribution in [2.75, 3.05) is 13.1 Å². The van der Waals surface area contributed by atoms with Gasteiger partial charge in [-0.1, -0.05) is 17.3 Å². The predicted octanol–water partition coefficient (Wildman–Crippen LogP) is 2.59. The molecule has 1 aliphatic heterocycles. The summed E-state index contributed by atoms with van der Waals surface area (Å²) in [5.41, 5.74) is 1.37. The average molecular weight is 365 g/mol. The fourth-order valence-corrected chi connectivity index (χ4v) is 2.92. The summed E-state index contributed by atoms with van der Waals surface area (Å²) in [4.78, 5) is 33.2. The number of carbonyl (C=O) groups excluding carboxylic acids is 1. The zero-order valence-electron chi connectivity index (χ0n) is 14.4. The quantitative estimate of drug-likeness (QED) is 0.515. The second-order valence-electron chi connectivity index (χ2n) is 6.34. The van der Waals surface area contributed by atoms with Crippen LogP contribution in [0, 0.1) is 17.0 Å². The molecule has 1 amide bonds. The molecule has 1 fully saturated rings. The summed E-state index contributed by atoms with van der Waals surface area (Å²) in [6.07, 6.45) is 1.65. The molecule has 9 nitrogen and oxygen atoms in total.